The first-order valence-corrected chi connectivity index (χ1v) is 8.03. The quantitative estimate of drug-likeness (QED) is 0.867. The van der Waals surface area contributed by atoms with Crippen molar-refractivity contribution in [2.24, 2.45) is 7.05 Å². The maximum atomic E-state index is 12.6. The van der Waals surface area contributed by atoms with Crippen LogP contribution in [0.15, 0.2) is 29.4 Å². The van der Waals surface area contributed by atoms with E-state index in [1.54, 1.807) is 23.9 Å². The second-order valence-corrected chi connectivity index (χ2v) is 7.29. The van der Waals surface area contributed by atoms with Crippen molar-refractivity contribution >= 4 is 27.3 Å². The summed E-state index contributed by atoms with van der Waals surface area (Å²) in [7, 11) is -0.375. The molecule has 0 fully saturated rings. The first kappa shape index (κ1) is 15.8. The van der Waals surface area contributed by atoms with Gasteiger partial charge in [0.1, 0.15) is 5.82 Å². The minimum absolute atomic E-state index is 0.0762. The second kappa shape index (κ2) is 5.67. The van der Waals surface area contributed by atoms with Gasteiger partial charge < -0.3 is 10.3 Å². The van der Waals surface area contributed by atoms with E-state index >= 15 is 0 Å². The van der Waals surface area contributed by atoms with Crippen molar-refractivity contribution < 1.29 is 8.42 Å². The molecule has 0 bridgehead atoms. The number of hydrogen-bond acceptors (Lipinski definition) is 4. The third-order valence-electron chi connectivity index (χ3n) is 3.35. The number of anilines is 1. The van der Waals surface area contributed by atoms with Crippen molar-refractivity contribution in [3.63, 3.8) is 0 Å². The Kier molecular flexibility index (Phi) is 4.27. The van der Waals surface area contributed by atoms with Gasteiger partial charge in [-0.2, -0.15) is 4.31 Å². The number of aryl methyl sites for hydroxylation is 1. The van der Waals surface area contributed by atoms with E-state index in [-0.39, 0.29) is 11.4 Å². The summed E-state index contributed by atoms with van der Waals surface area (Å²) in [5, 5.41) is 0.332. The first-order chi connectivity index (χ1) is 9.73. The Morgan fingerprint density at radius 3 is 2.62 bits per heavy atom. The molecule has 1 aromatic heterocycles. The van der Waals surface area contributed by atoms with Crippen LogP contribution in [-0.2, 0) is 23.6 Å². The van der Waals surface area contributed by atoms with Crippen LogP contribution in [0.2, 0.25) is 5.02 Å². The number of benzene rings is 1. The van der Waals surface area contributed by atoms with E-state index < -0.39 is 10.0 Å². The minimum atomic E-state index is -3.68. The number of halogens is 1. The number of sulfonamides is 1. The molecule has 8 heteroatoms. The van der Waals surface area contributed by atoms with Crippen LogP contribution >= 0.6 is 11.6 Å². The van der Waals surface area contributed by atoms with Gasteiger partial charge in [-0.1, -0.05) is 11.6 Å². The Balaban J connectivity index is 2.35. The third-order valence-corrected chi connectivity index (χ3v) is 5.52. The molecule has 114 valence electrons. The van der Waals surface area contributed by atoms with Gasteiger partial charge in [-0.15, -0.1) is 0 Å². The molecule has 2 N–H and O–H groups in total. The number of rotatable bonds is 4. The number of imidazole rings is 1. The molecule has 0 saturated carbocycles. The Hall–Kier alpha value is -1.57. The van der Waals surface area contributed by atoms with Crippen molar-refractivity contribution in [2.75, 3.05) is 12.8 Å². The van der Waals surface area contributed by atoms with E-state index in [0.29, 0.717) is 22.1 Å². The highest BCUT2D eigenvalue weighted by atomic mass is 35.5. The van der Waals surface area contributed by atoms with Gasteiger partial charge in [-0.05, 0) is 24.6 Å². The van der Waals surface area contributed by atoms with Crippen LogP contribution < -0.4 is 5.73 Å². The van der Waals surface area contributed by atoms with Crippen molar-refractivity contribution in [3.8, 4) is 0 Å². The van der Waals surface area contributed by atoms with E-state index in [9.17, 15) is 8.42 Å². The predicted octanol–water partition coefficient (Wildman–Crippen LogP) is 1.78. The Labute approximate surface area is 129 Å². The largest absolute Gasteiger partial charge is 0.398 e. The molecule has 2 rings (SSSR count). The summed E-state index contributed by atoms with van der Waals surface area (Å²) in [4.78, 5) is 4.19. The molecule has 0 aliphatic heterocycles. The zero-order valence-corrected chi connectivity index (χ0v) is 13.6. The average Bonchev–Trinajstić information content (AvgIpc) is 2.80. The monoisotopic (exact) mass is 328 g/mol. The Morgan fingerprint density at radius 1 is 1.43 bits per heavy atom. The Morgan fingerprint density at radius 2 is 2.10 bits per heavy atom. The topological polar surface area (TPSA) is 81.2 Å². The van der Waals surface area contributed by atoms with Gasteiger partial charge in [0.25, 0.3) is 0 Å². The van der Waals surface area contributed by atoms with E-state index in [4.69, 9.17) is 17.3 Å². The summed E-state index contributed by atoms with van der Waals surface area (Å²) in [6, 6.07) is 2.84. The molecule has 6 nitrogen and oxygen atoms in total. The molecule has 0 spiro atoms. The molecule has 0 aliphatic carbocycles. The van der Waals surface area contributed by atoms with Crippen LogP contribution in [0.1, 0.15) is 11.4 Å². The zero-order chi connectivity index (χ0) is 15.8. The second-order valence-electron chi connectivity index (χ2n) is 4.83. The van der Waals surface area contributed by atoms with E-state index in [2.05, 4.69) is 4.98 Å². The summed E-state index contributed by atoms with van der Waals surface area (Å²) in [6.07, 6.45) is 3.38. The predicted molar refractivity (Wildman–Crippen MR) is 82.5 cm³/mol. The summed E-state index contributed by atoms with van der Waals surface area (Å²) in [5.74, 6) is 0.646. The normalized spacial score (nSPS) is 12.0. The van der Waals surface area contributed by atoms with Gasteiger partial charge in [-0.3, -0.25) is 0 Å². The third kappa shape index (κ3) is 3.04. The van der Waals surface area contributed by atoms with Gasteiger partial charge in [-0.25, -0.2) is 13.4 Å². The molecule has 1 heterocycles. The molecule has 0 radical (unpaired) electrons. The average molecular weight is 329 g/mol. The number of nitrogen functional groups attached to an aromatic ring is 1. The molecule has 0 amide bonds. The number of nitrogens with zero attached hydrogens (tertiary/aromatic N) is 3. The minimum Gasteiger partial charge on any atom is -0.398 e. The van der Waals surface area contributed by atoms with Gasteiger partial charge in [0.15, 0.2) is 0 Å². The standard InChI is InChI=1S/C13H17ClN4O2S/c1-9-11(14)6-10(7-12(9)15)21(19,20)18(3)8-13-16-4-5-17(13)2/h4-7H,8,15H2,1-3H3. The van der Waals surface area contributed by atoms with Crippen molar-refractivity contribution in [1.29, 1.82) is 0 Å². The lowest BCUT2D eigenvalue weighted by Gasteiger charge is -2.18. The lowest BCUT2D eigenvalue weighted by molar-refractivity contribution is 0.451. The van der Waals surface area contributed by atoms with Crippen LogP contribution in [0.4, 0.5) is 5.69 Å². The van der Waals surface area contributed by atoms with Gasteiger partial charge >= 0.3 is 0 Å². The molecule has 21 heavy (non-hydrogen) atoms. The highest BCUT2D eigenvalue weighted by molar-refractivity contribution is 7.89. The number of hydrogen-bond donors (Lipinski definition) is 1. The fourth-order valence-corrected chi connectivity index (χ4v) is 3.32. The maximum absolute atomic E-state index is 12.6. The SMILES string of the molecule is Cc1c(N)cc(S(=O)(=O)N(C)Cc2nccn2C)cc1Cl. The molecule has 2 aromatic rings. The molecular weight excluding hydrogens is 312 g/mol. The van der Waals surface area contributed by atoms with Gasteiger partial charge in [0, 0.05) is 37.2 Å². The summed E-state index contributed by atoms with van der Waals surface area (Å²) >= 11 is 6.02. The zero-order valence-electron chi connectivity index (χ0n) is 12.0. The molecule has 1 aromatic carbocycles. The number of aromatic nitrogens is 2. The summed E-state index contributed by atoms with van der Waals surface area (Å²) < 4.78 is 28.1. The number of nitrogens with two attached hydrogens (primary N) is 1. The Bertz CT molecular complexity index is 747. The smallest absolute Gasteiger partial charge is 0.243 e. The highest BCUT2D eigenvalue weighted by Gasteiger charge is 2.23. The van der Waals surface area contributed by atoms with Crippen LogP contribution in [0.25, 0.3) is 0 Å². The lowest BCUT2D eigenvalue weighted by atomic mass is 10.2. The van der Waals surface area contributed by atoms with Crippen molar-refractivity contribution in [2.45, 2.75) is 18.4 Å². The van der Waals surface area contributed by atoms with Gasteiger partial charge in [0.2, 0.25) is 10.0 Å². The summed E-state index contributed by atoms with van der Waals surface area (Å²) in [6.45, 7) is 1.91. The summed E-state index contributed by atoms with van der Waals surface area (Å²) in [5.41, 5.74) is 6.82. The van der Waals surface area contributed by atoms with Crippen molar-refractivity contribution in [1.82, 2.24) is 13.9 Å². The van der Waals surface area contributed by atoms with Crippen LogP contribution in [0, 0.1) is 6.92 Å². The molecule has 0 unspecified atom stereocenters. The fourth-order valence-electron chi connectivity index (χ4n) is 1.84. The van der Waals surface area contributed by atoms with E-state index in [1.807, 2.05) is 7.05 Å². The highest BCUT2D eigenvalue weighted by Crippen LogP contribution is 2.27. The van der Waals surface area contributed by atoms with Crippen LogP contribution in [0.5, 0.6) is 0 Å². The molecule has 0 saturated heterocycles. The van der Waals surface area contributed by atoms with E-state index in [0.717, 1.165) is 0 Å². The molecular formula is C13H17ClN4O2S. The van der Waals surface area contributed by atoms with Crippen LogP contribution in [-0.4, -0.2) is 29.3 Å². The van der Waals surface area contributed by atoms with Crippen molar-refractivity contribution in [3.05, 3.63) is 40.9 Å². The lowest BCUT2D eigenvalue weighted by Crippen LogP contribution is -2.28. The van der Waals surface area contributed by atoms with E-state index in [1.165, 1.54) is 23.5 Å². The van der Waals surface area contributed by atoms with Crippen LogP contribution in [0.3, 0.4) is 0 Å². The fraction of sp³-hybridized carbons (Fsp3) is 0.308. The molecule has 0 atom stereocenters. The van der Waals surface area contributed by atoms with Gasteiger partial charge in [0.05, 0.1) is 11.4 Å². The maximum Gasteiger partial charge on any atom is 0.243 e. The first-order valence-electron chi connectivity index (χ1n) is 6.21. The molecule has 0 aliphatic rings.